The first-order chi connectivity index (χ1) is 16.4. The number of aromatic nitrogens is 1. The van der Waals surface area contributed by atoms with E-state index in [4.69, 9.17) is 9.72 Å². The lowest BCUT2D eigenvalue weighted by Crippen LogP contribution is -2.57. The zero-order valence-electron chi connectivity index (χ0n) is 22.3. The quantitative estimate of drug-likeness (QED) is 0.350. The van der Waals surface area contributed by atoms with Gasteiger partial charge in [-0.3, -0.25) is 4.99 Å². The molecule has 2 aliphatic heterocycles. The van der Waals surface area contributed by atoms with E-state index >= 15 is 0 Å². The lowest BCUT2D eigenvalue weighted by atomic mass is 10.1. The fourth-order valence-corrected chi connectivity index (χ4v) is 3.96. The van der Waals surface area contributed by atoms with Gasteiger partial charge in [0.25, 0.3) is 0 Å². The minimum Gasteiger partial charge on any atom is -0.487 e. The van der Waals surface area contributed by atoms with E-state index in [1.165, 1.54) is 0 Å². The minimum atomic E-state index is 0.248. The Bertz CT molecular complexity index is 889. The average molecular weight is 469 g/mol. The second-order valence-corrected chi connectivity index (χ2v) is 8.51. The molecule has 1 N–H and O–H groups in total. The Labute approximate surface area is 206 Å². The maximum atomic E-state index is 6.15. The van der Waals surface area contributed by atoms with Crippen LogP contribution < -0.4 is 15.0 Å². The molecule has 1 aromatic heterocycles. The third-order valence-corrected chi connectivity index (χ3v) is 5.65. The fourth-order valence-electron chi connectivity index (χ4n) is 3.96. The zero-order chi connectivity index (χ0) is 25.1. The number of aryl methyl sites for hydroxylation is 1. The molecule has 3 heterocycles. The zero-order valence-corrected chi connectivity index (χ0v) is 22.3. The number of hydrogen-bond acceptors (Lipinski definition) is 6. The average Bonchev–Trinajstić information content (AvgIpc) is 2.83. The third kappa shape index (κ3) is 7.10. The highest BCUT2D eigenvalue weighted by Crippen LogP contribution is 2.35. The van der Waals surface area contributed by atoms with Crippen LogP contribution in [0.4, 0.5) is 5.82 Å². The van der Waals surface area contributed by atoms with Gasteiger partial charge in [-0.2, -0.15) is 0 Å². The van der Waals surface area contributed by atoms with Crippen molar-refractivity contribution in [2.75, 3.05) is 58.3 Å². The van der Waals surface area contributed by atoms with Crippen LogP contribution in [-0.2, 0) is 0 Å². The molecule has 1 saturated heterocycles. The number of amidine groups is 1. The first kappa shape index (κ1) is 27.4. The van der Waals surface area contributed by atoms with Crippen molar-refractivity contribution in [2.24, 2.45) is 4.99 Å². The van der Waals surface area contributed by atoms with E-state index in [0.717, 1.165) is 67.0 Å². The van der Waals surface area contributed by atoms with Crippen LogP contribution in [0.1, 0.15) is 45.4 Å². The summed E-state index contributed by atoms with van der Waals surface area (Å²) in [5.74, 6) is 2.58. The summed E-state index contributed by atoms with van der Waals surface area (Å²) in [4.78, 5) is 16.6. The summed E-state index contributed by atoms with van der Waals surface area (Å²) in [5.41, 5.74) is 3.00. The molecular weight excluding hydrogens is 424 g/mol. The van der Waals surface area contributed by atoms with E-state index in [1.807, 2.05) is 27.0 Å². The number of fused-ring (bicyclic) bond motifs is 3. The van der Waals surface area contributed by atoms with Crippen LogP contribution in [0.5, 0.6) is 5.75 Å². The van der Waals surface area contributed by atoms with Crippen LogP contribution >= 0.6 is 0 Å². The Morgan fingerprint density at radius 3 is 2.74 bits per heavy atom. The van der Waals surface area contributed by atoms with Gasteiger partial charge >= 0.3 is 0 Å². The smallest absolute Gasteiger partial charge is 0.172 e. The van der Waals surface area contributed by atoms with Crippen LogP contribution in [0.25, 0.3) is 0 Å². The van der Waals surface area contributed by atoms with Crippen molar-refractivity contribution in [3.05, 3.63) is 54.0 Å². The first-order valence-electron chi connectivity index (χ1n) is 12.6. The number of hydrogen-bond donors (Lipinski definition) is 1. The van der Waals surface area contributed by atoms with Crippen LogP contribution in [0.3, 0.4) is 0 Å². The van der Waals surface area contributed by atoms with Crippen molar-refractivity contribution in [2.45, 2.75) is 47.1 Å². The van der Waals surface area contributed by atoms with Crippen LogP contribution in [0, 0.1) is 6.92 Å². The van der Waals surface area contributed by atoms with Gasteiger partial charge in [0.2, 0.25) is 0 Å². The molecule has 0 amide bonds. The SMILES string of the molecule is C=C(/C=C/CN(C)C)N1CCN2c3nc(C(=NCC)N/C=C/CC)c(C)cc3OCC2C1.CC. The number of allylic oxidation sites excluding steroid dienone is 2. The normalized spacial score (nSPS) is 17.9. The summed E-state index contributed by atoms with van der Waals surface area (Å²) < 4.78 is 6.15. The maximum absolute atomic E-state index is 6.15. The number of likely N-dealkylation sites (N-methyl/N-ethyl adjacent to an activating group) is 1. The Balaban J connectivity index is 0.00000199. The largest absolute Gasteiger partial charge is 0.487 e. The minimum absolute atomic E-state index is 0.248. The molecule has 1 atom stereocenters. The number of nitrogens with zero attached hydrogens (tertiary/aromatic N) is 5. The van der Waals surface area contributed by atoms with E-state index in [2.05, 4.69) is 83.8 Å². The predicted octanol–water partition coefficient (Wildman–Crippen LogP) is 4.21. The molecule has 2 aliphatic rings. The van der Waals surface area contributed by atoms with Gasteiger partial charge in [-0.15, -0.1) is 0 Å². The molecular formula is C27H44N6O. The van der Waals surface area contributed by atoms with E-state index in [1.54, 1.807) is 0 Å². The molecule has 1 unspecified atom stereocenters. The molecule has 0 spiro atoms. The summed E-state index contributed by atoms with van der Waals surface area (Å²) in [6.07, 6.45) is 9.28. The molecule has 3 rings (SSSR count). The van der Waals surface area contributed by atoms with Gasteiger partial charge in [-0.05, 0) is 58.3 Å². The van der Waals surface area contributed by atoms with Gasteiger partial charge in [-0.1, -0.05) is 39.5 Å². The molecule has 0 aromatic carbocycles. The van der Waals surface area contributed by atoms with Gasteiger partial charge in [0, 0.05) is 38.4 Å². The van der Waals surface area contributed by atoms with Crippen molar-refractivity contribution in [3.8, 4) is 5.75 Å². The molecule has 0 bridgehead atoms. The molecule has 0 radical (unpaired) electrons. The second kappa shape index (κ2) is 13.8. The van der Waals surface area contributed by atoms with Crippen molar-refractivity contribution in [1.29, 1.82) is 0 Å². The molecule has 1 aromatic rings. The third-order valence-electron chi connectivity index (χ3n) is 5.65. The summed E-state index contributed by atoms with van der Waals surface area (Å²) in [5, 5.41) is 3.32. The molecule has 7 heteroatoms. The molecule has 34 heavy (non-hydrogen) atoms. The number of rotatable bonds is 8. The van der Waals surface area contributed by atoms with Gasteiger partial charge in [-0.25, -0.2) is 4.98 Å². The van der Waals surface area contributed by atoms with E-state index in [9.17, 15) is 0 Å². The van der Waals surface area contributed by atoms with Crippen molar-refractivity contribution in [3.63, 3.8) is 0 Å². The van der Waals surface area contributed by atoms with E-state index < -0.39 is 0 Å². The Kier molecular flexibility index (Phi) is 11.1. The number of ether oxygens (including phenoxy) is 1. The van der Waals surface area contributed by atoms with E-state index in [-0.39, 0.29) is 6.04 Å². The molecule has 7 nitrogen and oxygen atoms in total. The maximum Gasteiger partial charge on any atom is 0.172 e. The highest BCUT2D eigenvalue weighted by molar-refractivity contribution is 5.99. The molecule has 0 saturated carbocycles. The lowest BCUT2D eigenvalue weighted by Gasteiger charge is -2.45. The van der Waals surface area contributed by atoms with Gasteiger partial charge in [0.05, 0.1) is 6.04 Å². The standard InChI is InChI=1S/C25H38N6O.C2H6/c1-7-9-12-27-24(26-8-2)23-19(3)16-22-25(28-23)31-15-14-30(17-21(31)18-32-22)20(4)11-10-13-29(5)6;1-2/h9-12,16,21H,4,7-8,13-15,17-18H2,1-3,5-6H3,(H,26,27);1-2H3/b11-10+,12-9+;. The van der Waals surface area contributed by atoms with Crippen molar-refractivity contribution in [1.82, 2.24) is 20.1 Å². The Hall–Kier alpha value is -2.80. The van der Waals surface area contributed by atoms with Crippen molar-refractivity contribution >= 4 is 11.7 Å². The van der Waals surface area contributed by atoms with Crippen LogP contribution in [0.2, 0.25) is 0 Å². The molecule has 188 valence electrons. The van der Waals surface area contributed by atoms with E-state index in [0.29, 0.717) is 13.2 Å². The second-order valence-electron chi connectivity index (χ2n) is 8.51. The number of piperazine rings is 1. The highest BCUT2D eigenvalue weighted by Gasteiger charge is 2.34. The summed E-state index contributed by atoms with van der Waals surface area (Å²) in [6.45, 7) is 19.4. The van der Waals surface area contributed by atoms with Crippen molar-refractivity contribution < 1.29 is 4.74 Å². The number of pyridine rings is 1. The summed E-state index contributed by atoms with van der Waals surface area (Å²) in [7, 11) is 4.13. The van der Waals surface area contributed by atoms with Gasteiger partial charge < -0.3 is 24.8 Å². The van der Waals surface area contributed by atoms with Crippen LogP contribution in [-0.4, -0.2) is 80.1 Å². The Morgan fingerprint density at radius 2 is 2.06 bits per heavy atom. The number of aliphatic imine (C=N–C) groups is 1. The predicted molar refractivity (Wildman–Crippen MR) is 145 cm³/mol. The molecule has 1 fully saturated rings. The fraction of sp³-hybridized carbons (Fsp3) is 0.556. The highest BCUT2D eigenvalue weighted by atomic mass is 16.5. The summed E-state index contributed by atoms with van der Waals surface area (Å²) in [6, 6.07) is 2.34. The lowest BCUT2D eigenvalue weighted by molar-refractivity contribution is 0.193. The monoisotopic (exact) mass is 468 g/mol. The first-order valence-corrected chi connectivity index (χ1v) is 12.6. The number of anilines is 1. The topological polar surface area (TPSA) is 56.2 Å². The molecule has 0 aliphatic carbocycles. The van der Waals surface area contributed by atoms with Gasteiger partial charge in [0.1, 0.15) is 12.3 Å². The van der Waals surface area contributed by atoms with Gasteiger partial charge in [0.15, 0.2) is 17.4 Å². The number of nitrogens with one attached hydrogen (secondary N) is 1. The van der Waals surface area contributed by atoms with Crippen LogP contribution in [0.15, 0.2) is 47.8 Å². The summed E-state index contributed by atoms with van der Waals surface area (Å²) >= 11 is 0. The Morgan fingerprint density at radius 1 is 1.29 bits per heavy atom.